The van der Waals surface area contributed by atoms with Gasteiger partial charge in [-0.2, -0.15) is 0 Å². The number of nitrogens with zero attached hydrogens (tertiary/aromatic N) is 3. The monoisotopic (exact) mass is 438 g/mol. The Balaban J connectivity index is 1.58. The summed E-state index contributed by atoms with van der Waals surface area (Å²) in [6.07, 6.45) is 1.05. The summed E-state index contributed by atoms with van der Waals surface area (Å²) in [4.78, 5) is 20.2. The summed E-state index contributed by atoms with van der Waals surface area (Å²) in [7, 11) is -3.67. The fourth-order valence-corrected chi connectivity index (χ4v) is 5.02. The standard InChI is InChI=1S/C19H26N4O4S2/c1-14(2)13-17(24)18(25)23-10-8-22(9-11-23)15-3-5-16(6-4-15)29(26,27)21-19-20-7-12-28-19/h3-7,12,14,17,24H,8-11,13H2,1-2H3,(H,20,21)/t17-/m1/s1. The molecule has 2 N–H and O–H groups in total. The van der Waals surface area contributed by atoms with Crippen LogP contribution < -0.4 is 9.62 Å². The van der Waals surface area contributed by atoms with E-state index in [-0.39, 0.29) is 16.7 Å². The summed E-state index contributed by atoms with van der Waals surface area (Å²) < 4.78 is 27.3. The second-order valence-electron chi connectivity index (χ2n) is 7.39. The number of hydrogen-bond donors (Lipinski definition) is 2. The molecule has 1 fully saturated rings. The third-order valence-electron chi connectivity index (χ3n) is 4.74. The molecule has 0 spiro atoms. The van der Waals surface area contributed by atoms with Gasteiger partial charge in [-0.05, 0) is 36.6 Å². The molecule has 1 aliphatic rings. The zero-order chi connectivity index (χ0) is 21.0. The number of aliphatic hydroxyl groups excluding tert-OH is 1. The van der Waals surface area contributed by atoms with Crippen molar-refractivity contribution < 1.29 is 18.3 Å². The quantitative estimate of drug-likeness (QED) is 0.685. The van der Waals surface area contributed by atoms with E-state index in [4.69, 9.17) is 0 Å². The molecule has 0 bridgehead atoms. The van der Waals surface area contributed by atoms with E-state index in [2.05, 4.69) is 14.6 Å². The van der Waals surface area contributed by atoms with Crippen LogP contribution in [0.1, 0.15) is 20.3 Å². The van der Waals surface area contributed by atoms with Gasteiger partial charge in [-0.15, -0.1) is 11.3 Å². The Bertz CT molecular complexity index is 906. The van der Waals surface area contributed by atoms with Gasteiger partial charge in [0.2, 0.25) is 0 Å². The largest absolute Gasteiger partial charge is 0.383 e. The van der Waals surface area contributed by atoms with E-state index in [0.29, 0.717) is 37.7 Å². The first-order valence-electron chi connectivity index (χ1n) is 9.50. The molecule has 1 amide bonds. The summed E-state index contributed by atoms with van der Waals surface area (Å²) in [5.41, 5.74) is 0.896. The summed E-state index contributed by atoms with van der Waals surface area (Å²) in [5.74, 6) is 0.0446. The van der Waals surface area contributed by atoms with Crippen LogP contribution in [0.15, 0.2) is 40.7 Å². The Morgan fingerprint density at radius 1 is 1.21 bits per heavy atom. The number of aromatic nitrogens is 1. The molecular weight excluding hydrogens is 412 g/mol. The molecule has 1 saturated heterocycles. The highest BCUT2D eigenvalue weighted by Crippen LogP contribution is 2.22. The lowest BCUT2D eigenvalue weighted by atomic mass is 10.0. The summed E-state index contributed by atoms with van der Waals surface area (Å²) in [6, 6.07) is 6.66. The number of aliphatic hydroxyl groups is 1. The van der Waals surface area contributed by atoms with Crippen molar-refractivity contribution in [3.8, 4) is 0 Å². The van der Waals surface area contributed by atoms with Gasteiger partial charge in [-0.1, -0.05) is 13.8 Å². The van der Waals surface area contributed by atoms with Crippen LogP contribution in [0, 0.1) is 5.92 Å². The zero-order valence-corrected chi connectivity index (χ0v) is 18.1. The summed E-state index contributed by atoms with van der Waals surface area (Å²) >= 11 is 1.22. The molecule has 2 heterocycles. The van der Waals surface area contributed by atoms with Crippen molar-refractivity contribution in [2.24, 2.45) is 5.92 Å². The van der Waals surface area contributed by atoms with E-state index in [1.165, 1.54) is 17.5 Å². The van der Waals surface area contributed by atoms with Crippen molar-refractivity contribution in [2.45, 2.75) is 31.3 Å². The normalized spacial score (nSPS) is 16.1. The van der Waals surface area contributed by atoms with Gasteiger partial charge in [-0.25, -0.2) is 13.4 Å². The number of benzene rings is 1. The number of nitrogens with one attached hydrogen (secondary N) is 1. The maximum Gasteiger partial charge on any atom is 0.263 e. The van der Waals surface area contributed by atoms with Crippen LogP contribution in [0.3, 0.4) is 0 Å². The van der Waals surface area contributed by atoms with Crippen molar-refractivity contribution in [1.29, 1.82) is 0 Å². The molecule has 1 aliphatic heterocycles. The minimum Gasteiger partial charge on any atom is -0.383 e. The first-order valence-corrected chi connectivity index (χ1v) is 11.9. The predicted octanol–water partition coefficient (Wildman–Crippen LogP) is 2.00. The molecule has 0 unspecified atom stereocenters. The van der Waals surface area contributed by atoms with Crippen LogP contribution in [0.5, 0.6) is 0 Å². The van der Waals surface area contributed by atoms with Gasteiger partial charge in [0, 0.05) is 43.4 Å². The van der Waals surface area contributed by atoms with E-state index in [1.54, 1.807) is 34.5 Å². The molecule has 0 saturated carbocycles. The number of rotatable bonds is 7. The summed E-state index contributed by atoms with van der Waals surface area (Å²) in [6.45, 7) is 6.27. The fraction of sp³-hybridized carbons (Fsp3) is 0.474. The van der Waals surface area contributed by atoms with E-state index >= 15 is 0 Å². The van der Waals surface area contributed by atoms with Crippen LogP contribution in [0.2, 0.25) is 0 Å². The number of carbonyl (C=O) groups excluding carboxylic acids is 1. The van der Waals surface area contributed by atoms with Crippen LogP contribution in [-0.4, -0.2) is 61.6 Å². The van der Waals surface area contributed by atoms with Crippen LogP contribution >= 0.6 is 11.3 Å². The number of piperazine rings is 1. The lowest BCUT2D eigenvalue weighted by Crippen LogP contribution is -2.51. The maximum absolute atomic E-state index is 12.4. The third kappa shape index (κ3) is 5.46. The van der Waals surface area contributed by atoms with E-state index in [0.717, 1.165) is 5.69 Å². The average Bonchev–Trinajstić information content (AvgIpc) is 3.19. The fourth-order valence-electron chi connectivity index (χ4n) is 3.23. The highest BCUT2D eigenvalue weighted by Gasteiger charge is 2.27. The average molecular weight is 439 g/mol. The molecule has 0 radical (unpaired) electrons. The molecule has 0 aliphatic carbocycles. The lowest BCUT2D eigenvalue weighted by Gasteiger charge is -2.37. The Morgan fingerprint density at radius 2 is 1.86 bits per heavy atom. The minimum atomic E-state index is -3.67. The molecule has 158 valence electrons. The van der Waals surface area contributed by atoms with Gasteiger partial charge in [0.25, 0.3) is 15.9 Å². The number of sulfonamides is 1. The Morgan fingerprint density at radius 3 is 2.41 bits per heavy atom. The lowest BCUT2D eigenvalue weighted by molar-refractivity contribution is -0.141. The Labute approximate surface area is 175 Å². The van der Waals surface area contributed by atoms with Crippen molar-refractivity contribution in [1.82, 2.24) is 9.88 Å². The van der Waals surface area contributed by atoms with Crippen molar-refractivity contribution in [3.63, 3.8) is 0 Å². The van der Waals surface area contributed by atoms with Crippen molar-refractivity contribution in [3.05, 3.63) is 35.8 Å². The molecule has 2 aromatic rings. The van der Waals surface area contributed by atoms with Gasteiger partial charge in [-0.3, -0.25) is 9.52 Å². The van der Waals surface area contributed by atoms with Crippen molar-refractivity contribution >= 4 is 38.1 Å². The van der Waals surface area contributed by atoms with Gasteiger partial charge in [0.1, 0.15) is 6.10 Å². The van der Waals surface area contributed by atoms with E-state index in [1.807, 2.05) is 13.8 Å². The van der Waals surface area contributed by atoms with Gasteiger partial charge < -0.3 is 14.9 Å². The van der Waals surface area contributed by atoms with E-state index in [9.17, 15) is 18.3 Å². The minimum absolute atomic E-state index is 0.169. The zero-order valence-electron chi connectivity index (χ0n) is 16.5. The smallest absolute Gasteiger partial charge is 0.263 e. The van der Waals surface area contributed by atoms with Gasteiger partial charge >= 0.3 is 0 Å². The molecular formula is C19H26N4O4S2. The number of hydrogen-bond acceptors (Lipinski definition) is 7. The van der Waals surface area contributed by atoms with Gasteiger partial charge in [0.05, 0.1) is 4.90 Å². The first kappa shape index (κ1) is 21.5. The first-order chi connectivity index (χ1) is 13.8. The Kier molecular flexibility index (Phi) is 6.76. The highest BCUT2D eigenvalue weighted by molar-refractivity contribution is 7.93. The Hall–Kier alpha value is -2.17. The molecule has 3 rings (SSSR count). The molecule has 1 aromatic heterocycles. The van der Waals surface area contributed by atoms with Gasteiger partial charge in [0.15, 0.2) is 5.13 Å². The third-order valence-corrected chi connectivity index (χ3v) is 6.91. The number of amides is 1. The second-order valence-corrected chi connectivity index (χ2v) is 9.97. The molecule has 10 heteroatoms. The van der Waals surface area contributed by atoms with Crippen LogP contribution in [0.4, 0.5) is 10.8 Å². The van der Waals surface area contributed by atoms with Crippen LogP contribution in [-0.2, 0) is 14.8 Å². The van der Waals surface area contributed by atoms with Crippen LogP contribution in [0.25, 0.3) is 0 Å². The maximum atomic E-state index is 12.4. The second kappa shape index (κ2) is 9.10. The van der Waals surface area contributed by atoms with E-state index < -0.39 is 16.1 Å². The summed E-state index contributed by atoms with van der Waals surface area (Å²) in [5, 5.41) is 12.1. The molecule has 1 atom stereocenters. The highest BCUT2D eigenvalue weighted by atomic mass is 32.2. The molecule has 1 aromatic carbocycles. The molecule has 29 heavy (non-hydrogen) atoms. The number of carbonyl (C=O) groups is 1. The number of thiazole rings is 1. The predicted molar refractivity (Wildman–Crippen MR) is 114 cm³/mol. The number of anilines is 2. The SMILES string of the molecule is CC(C)C[C@@H](O)C(=O)N1CCN(c2ccc(S(=O)(=O)Nc3nccs3)cc2)CC1. The topological polar surface area (TPSA) is 103 Å². The molecule has 8 nitrogen and oxygen atoms in total. The van der Waals surface area contributed by atoms with Crippen molar-refractivity contribution in [2.75, 3.05) is 35.8 Å².